The average molecular weight is 585 g/mol. The third-order valence-electron chi connectivity index (χ3n) is 8.90. The Hall–Kier alpha value is -2.15. The SMILES string of the molecule is CCCC(CC)(c1ccc(OCC(O[Si](C)(C)C(C)(C)C)C(C)(C)C)cc1)c1ccc(COCC(=O)OC)c(C)c1. The van der Waals surface area contributed by atoms with Crippen molar-refractivity contribution in [3.05, 3.63) is 64.7 Å². The van der Waals surface area contributed by atoms with E-state index in [1.54, 1.807) is 0 Å². The molecule has 2 unspecified atom stereocenters. The normalized spacial score (nSPS) is 14.8. The minimum Gasteiger partial charge on any atom is -0.491 e. The Bertz CT molecular complexity index is 1110. The number of carbonyl (C=O) groups excluding carboxylic acids is 1. The van der Waals surface area contributed by atoms with Crippen molar-refractivity contribution >= 4 is 14.3 Å². The van der Waals surface area contributed by atoms with Gasteiger partial charge in [-0.3, -0.25) is 0 Å². The molecule has 0 aliphatic heterocycles. The summed E-state index contributed by atoms with van der Waals surface area (Å²) < 4.78 is 23.4. The van der Waals surface area contributed by atoms with E-state index in [0.717, 1.165) is 36.1 Å². The molecule has 0 amide bonds. The van der Waals surface area contributed by atoms with Gasteiger partial charge in [-0.25, -0.2) is 4.79 Å². The Kier molecular flexibility index (Phi) is 12.3. The molecule has 0 saturated carbocycles. The van der Waals surface area contributed by atoms with Gasteiger partial charge in [-0.05, 0) is 77.7 Å². The Balaban J connectivity index is 2.27. The van der Waals surface area contributed by atoms with E-state index in [4.69, 9.17) is 13.9 Å². The second-order valence-electron chi connectivity index (χ2n) is 14.0. The molecular weight excluding hydrogens is 528 g/mol. The summed E-state index contributed by atoms with van der Waals surface area (Å²) in [6.45, 7) is 25.7. The number of hydrogen-bond acceptors (Lipinski definition) is 5. The van der Waals surface area contributed by atoms with E-state index in [0.29, 0.717) is 13.2 Å². The lowest BCUT2D eigenvalue weighted by Gasteiger charge is -2.43. The maximum atomic E-state index is 11.4. The van der Waals surface area contributed by atoms with Crippen LogP contribution in [0.2, 0.25) is 18.1 Å². The van der Waals surface area contributed by atoms with Crippen molar-refractivity contribution in [1.82, 2.24) is 0 Å². The lowest BCUT2D eigenvalue weighted by atomic mass is 9.69. The fourth-order valence-corrected chi connectivity index (χ4v) is 6.45. The van der Waals surface area contributed by atoms with Gasteiger partial charge in [0.15, 0.2) is 8.32 Å². The molecule has 0 radical (unpaired) electrons. The van der Waals surface area contributed by atoms with Gasteiger partial charge in [-0.15, -0.1) is 0 Å². The Morgan fingerprint density at radius 2 is 1.54 bits per heavy atom. The van der Waals surface area contributed by atoms with Crippen molar-refractivity contribution < 1.29 is 23.4 Å². The minimum absolute atomic E-state index is 0.0102. The number of esters is 1. The summed E-state index contributed by atoms with van der Waals surface area (Å²) in [5, 5.41) is 0.146. The lowest BCUT2D eigenvalue weighted by Crippen LogP contribution is -2.49. The van der Waals surface area contributed by atoms with E-state index < -0.39 is 8.32 Å². The van der Waals surface area contributed by atoms with Crippen LogP contribution in [0.1, 0.15) is 96.9 Å². The molecule has 0 fully saturated rings. The van der Waals surface area contributed by atoms with E-state index in [-0.39, 0.29) is 34.5 Å². The Morgan fingerprint density at radius 1 is 0.927 bits per heavy atom. The zero-order valence-corrected chi connectivity index (χ0v) is 28.9. The monoisotopic (exact) mass is 584 g/mol. The highest BCUT2D eigenvalue weighted by Crippen LogP contribution is 2.42. The zero-order valence-electron chi connectivity index (χ0n) is 27.9. The van der Waals surface area contributed by atoms with Gasteiger partial charge in [0.2, 0.25) is 0 Å². The average Bonchev–Trinajstić information content (AvgIpc) is 2.89. The fraction of sp³-hybridized carbons (Fsp3) is 0.629. The standard InChI is InChI=1S/C35H56O5Si/c1-13-21-35(14-2,29-16-15-27(26(3)22-29)23-38-25-32(36)37-10)28-17-19-30(20-18-28)39-24-31(33(4,5)6)40-41(11,12)34(7,8)9/h15-20,22,31H,13-14,21,23-25H2,1-12H3. The molecule has 6 heteroatoms. The highest BCUT2D eigenvalue weighted by Gasteiger charge is 2.42. The van der Waals surface area contributed by atoms with Crippen molar-refractivity contribution in [2.24, 2.45) is 5.41 Å². The molecular formula is C35H56O5Si. The van der Waals surface area contributed by atoms with Gasteiger partial charge in [0, 0.05) is 5.41 Å². The largest absolute Gasteiger partial charge is 0.491 e. The number of hydrogen-bond donors (Lipinski definition) is 0. The quantitative estimate of drug-likeness (QED) is 0.164. The van der Waals surface area contributed by atoms with E-state index in [9.17, 15) is 4.79 Å². The van der Waals surface area contributed by atoms with Gasteiger partial charge in [-0.2, -0.15) is 0 Å². The van der Waals surface area contributed by atoms with Crippen molar-refractivity contribution in [3.63, 3.8) is 0 Å². The predicted molar refractivity (Wildman–Crippen MR) is 172 cm³/mol. The second-order valence-corrected chi connectivity index (χ2v) is 18.7. The van der Waals surface area contributed by atoms with E-state index >= 15 is 0 Å². The van der Waals surface area contributed by atoms with Crippen molar-refractivity contribution in [3.8, 4) is 5.75 Å². The lowest BCUT2D eigenvalue weighted by molar-refractivity contribution is -0.146. The molecule has 2 atom stereocenters. The molecule has 2 aromatic carbocycles. The van der Waals surface area contributed by atoms with Gasteiger partial charge in [0.05, 0.1) is 19.8 Å². The molecule has 0 aromatic heterocycles. The maximum absolute atomic E-state index is 11.4. The Labute approximate surface area is 251 Å². The molecule has 0 aliphatic carbocycles. The molecule has 41 heavy (non-hydrogen) atoms. The van der Waals surface area contributed by atoms with Crippen LogP contribution in [0.5, 0.6) is 5.75 Å². The summed E-state index contributed by atoms with van der Waals surface area (Å²) in [7, 11) is -0.562. The molecule has 0 spiro atoms. The third-order valence-corrected chi connectivity index (χ3v) is 13.4. The van der Waals surface area contributed by atoms with Crippen LogP contribution in [0, 0.1) is 12.3 Å². The smallest absolute Gasteiger partial charge is 0.331 e. The molecule has 0 bridgehead atoms. The second kappa shape index (κ2) is 14.3. The topological polar surface area (TPSA) is 54.0 Å². The number of ether oxygens (including phenoxy) is 3. The van der Waals surface area contributed by atoms with Crippen molar-refractivity contribution in [2.75, 3.05) is 20.3 Å². The van der Waals surface area contributed by atoms with Crippen LogP contribution < -0.4 is 4.74 Å². The summed E-state index contributed by atoms with van der Waals surface area (Å²) in [4.78, 5) is 11.4. The molecule has 230 valence electrons. The van der Waals surface area contributed by atoms with E-state index in [1.165, 1.54) is 18.2 Å². The first-order valence-electron chi connectivity index (χ1n) is 15.2. The number of benzene rings is 2. The first-order chi connectivity index (χ1) is 19.0. The van der Waals surface area contributed by atoms with Crippen LogP contribution in [0.15, 0.2) is 42.5 Å². The summed E-state index contributed by atoms with van der Waals surface area (Å²) in [5.41, 5.74) is 4.73. The van der Waals surface area contributed by atoms with E-state index in [2.05, 4.69) is 123 Å². The molecule has 2 rings (SSSR count). The van der Waals surface area contributed by atoms with Gasteiger partial charge in [0.25, 0.3) is 0 Å². The van der Waals surface area contributed by atoms with Crippen LogP contribution >= 0.6 is 0 Å². The van der Waals surface area contributed by atoms with Crippen LogP contribution in [0.25, 0.3) is 0 Å². The maximum Gasteiger partial charge on any atom is 0.331 e. The number of aryl methyl sites for hydroxylation is 1. The van der Waals surface area contributed by atoms with Gasteiger partial charge < -0.3 is 18.6 Å². The summed E-state index contributed by atoms with van der Waals surface area (Å²) in [6, 6.07) is 15.3. The van der Waals surface area contributed by atoms with Gasteiger partial charge in [-0.1, -0.05) is 92.1 Å². The highest BCUT2D eigenvalue weighted by molar-refractivity contribution is 6.74. The van der Waals surface area contributed by atoms with E-state index in [1.807, 2.05) is 0 Å². The fourth-order valence-electron chi connectivity index (χ4n) is 4.96. The van der Waals surface area contributed by atoms with Crippen LogP contribution in [-0.4, -0.2) is 40.7 Å². The molecule has 2 aromatic rings. The molecule has 5 nitrogen and oxygen atoms in total. The van der Waals surface area contributed by atoms with Crippen LogP contribution in [-0.2, 0) is 30.7 Å². The van der Waals surface area contributed by atoms with Gasteiger partial charge in [0.1, 0.15) is 19.0 Å². The Morgan fingerprint density at radius 3 is 2.02 bits per heavy atom. The molecule has 0 aliphatic rings. The summed E-state index contributed by atoms with van der Waals surface area (Å²) >= 11 is 0. The third kappa shape index (κ3) is 9.16. The first kappa shape index (κ1) is 35.0. The highest BCUT2D eigenvalue weighted by atomic mass is 28.4. The zero-order chi connectivity index (χ0) is 31.1. The number of methoxy groups -OCH3 is 1. The summed E-state index contributed by atoms with van der Waals surface area (Å²) in [5.74, 6) is 0.509. The first-order valence-corrected chi connectivity index (χ1v) is 18.1. The van der Waals surface area contributed by atoms with Crippen LogP contribution in [0.4, 0.5) is 0 Å². The molecule has 0 N–H and O–H groups in total. The minimum atomic E-state index is -1.93. The predicted octanol–water partition coefficient (Wildman–Crippen LogP) is 9.00. The number of carbonyl (C=O) groups is 1. The van der Waals surface area contributed by atoms with Crippen molar-refractivity contribution in [1.29, 1.82) is 0 Å². The van der Waals surface area contributed by atoms with Gasteiger partial charge >= 0.3 is 5.97 Å². The van der Waals surface area contributed by atoms with Crippen molar-refractivity contribution in [2.45, 2.75) is 118 Å². The number of rotatable bonds is 14. The molecule has 0 saturated heterocycles. The van der Waals surface area contributed by atoms with Crippen LogP contribution in [0.3, 0.4) is 0 Å². The molecule has 0 heterocycles. The summed E-state index contributed by atoms with van der Waals surface area (Å²) in [6.07, 6.45) is 3.13.